The summed E-state index contributed by atoms with van der Waals surface area (Å²) in [6.07, 6.45) is 1.88. The molecule has 2 aromatic heterocycles. The first kappa shape index (κ1) is 11.4. The van der Waals surface area contributed by atoms with Crippen LogP contribution in [0.1, 0.15) is 16.6 Å². The normalized spacial score (nSPS) is 12.7. The number of hydrogen-bond acceptors (Lipinski definition) is 3. The number of benzene rings is 1. The molecule has 1 unspecified atom stereocenters. The summed E-state index contributed by atoms with van der Waals surface area (Å²) >= 11 is 1.76. The highest BCUT2D eigenvalue weighted by atomic mass is 32.1. The number of aromatic nitrogens is 1. The van der Waals surface area contributed by atoms with Gasteiger partial charge in [0.1, 0.15) is 0 Å². The van der Waals surface area contributed by atoms with Crippen LogP contribution in [0.4, 0.5) is 0 Å². The van der Waals surface area contributed by atoms with Crippen LogP contribution in [0.3, 0.4) is 0 Å². The van der Waals surface area contributed by atoms with Gasteiger partial charge in [-0.25, -0.2) is 0 Å². The second-order valence-electron chi connectivity index (χ2n) is 4.15. The molecule has 2 nitrogen and oxygen atoms in total. The minimum atomic E-state index is 0.163. The van der Waals surface area contributed by atoms with Gasteiger partial charge in [0.2, 0.25) is 0 Å². The third-order valence-corrected chi connectivity index (χ3v) is 4.03. The van der Waals surface area contributed by atoms with E-state index in [1.807, 2.05) is 13.2 Å². The predicted molar refractivity (Wildman–Crippen MR) is 77.0 cm³/mol. The molecule has 0 saturated carbocycles. The van der Waals surface area contributed by atoms with Crippen LogP contribution in [0, 0.1) is 0 Å². The van der Waals surface area contributed by atoms with Gasteiger partial charge in [0, 0.05) is 16.5 Å². The van der Waals surface area contributed by atoms with Crippen LogP contribution in [0.2, 0.25) is 0 Å². The van der Waals surface area contributed by atoms with E-state index in [1.54, 1.807) is 11.3 Å². The smallest absolute Gasteiger partial charge is 0.0848 e. The Morgan fingerprint density at radius 3 is 2.78 bits per heavy atom. The van der Waals surface area contributed by atoms with Crippen molar-refractivity contribution in [2.24, 2.45) is 0 Å². The van der Waals surface area contributed by atoms with Gasteiger partial charge in [0.25, 0.3) is 0 Å². The minimum absolute atomic E-state index is 0.163. The van der Waals surface area contributed by atoms with Crippen molar-refractivity contribution in [1.29, 1.82) is 0 Å². The van der Waals surface area contributed by atoms with Crippen LogP contribution in [0.15, 0.2) is 54.0 Å². The van der Waals surface area contributed by atoms with E-state index in [-0.39, 0.29) is 6.04 Å². The minimum Gasteiger partial charge on any atom is -0.307 e. The van der Waals surface area contributed by atoms with Gasteiger partial charge in [-0.05, 0) is 29.9 Å². The first-order valence-corrected chi connectivity index (χ1v) is 6.82. The molecular weight excluding hydrogens is 240 g/mol. The van der Waals surface area contributed by atoms with E-state index in [0.717, 1.165) is 5.69 Å². The Morgan fingerprint density at radius 2 is 2.00 bits per heavy atom. The lowest BCUT2D eigenvalue weighted by Gasteiger charge is -2.16. The number of nitrogens with zero attached hydrogens (tertiary/aromatic N) is 1. The zero-order chi connectivity index (χ0) is 12.4. The van der Waals surface area contributed by atoms with Crippen LogP contribution in [0.5, 0.6) is 0 Å². The summed E-state index contributed by atoms with van der Waals surface area (Å²) in [4.78, 5) is 5.87. The maximum atomic E-state index is 4.58. The number of hydrogen-bond donors (Lipinski definition) is 1. The number of fused-ring (bicyclic) bond motifs is 1. The molecule has 1 atom stereocenters. The molecule has 0 aliphatic heterocycles. The topological polar surface area (TPSA) is 24.9 Å². The Morgan fingerprint density at radius 1 is 1.11 bits per heavy atom. The predicted octanol–water partition coefficient (Wildman–Crippen LogP) is 3.61. The third kappa shape index (κ3) is 1.92. The monoisotopic (exact) mass is 254 g/mol. The van der Waals surface area contributed by atoms with Crippen molar-refractivity contribution in [3.05, 3.63) is 64.6 Å². The van der Waals surface area contributed by atoms with Crippen LogP contribution >= 0.6 is 11.3 Å². The molecule has 3 aromatic rings. The summed E-state index contributed by atoms with van der Waals surface area (Å²) in [5.41, 5.74) is 1.10. The van der Waals surface area contributed by atoms with Crippen molar-refractivity contribution in [3.63, 3.8) is 0 Å². The molecule has 18 heavy (non-hydrogen) atoms. The first-order chi connectivity index (χ1) is 8.90. The van der Waals surface area contributed by atoms with Crippen LogP contribution in [-0.4, -0.2) is 12.0 Å². The molecule has 3 heteroatoms. The van der Waals surface area contributed by atoms with Crippen LogP contribution in [0.25, 0.3) is 10.8 Å². The maximum absolute atomic E-state index is 4.58. The number of thiophene rings is 1. The van der Waals surface area contributed by atoms with Crippen molar-refractivity contribution >= 4 is 22.1 Å². The highest BCUT2D eigenvalue weighted by Crippen LogP contribution is 2.29. The Hall–Kier alpha value is -1.71. The number of pyridine rings is 1. The molecule has 0 aliphatic rings. The summed E-state index contributed by atoms with van der Waals surface area (Å²) in [5.74, 6) is 0. The van der Waals surface area contributed by atoms with Gasteiger partial charge in [0.05, 0.1) is 11.7 Å². The summed E-state index contributed by atoms with van der Waals surface area (Å²) in [6.45, 7) is 0. The van der Waals surface area contributed by atoms with Crippen molar-refractivity contribution < 1.29 is 0 Å². The van der Waals surface area contributed by atoms with Crippen LogP contribution in [-0.2, 0) is 0 Å². The molecule has 0 fully saturated rings. The van der Waals surface area contributed by atoms with Crippen molar-refractivity contribution in [2.45, 2.75) is 6.04 Å². The van der Waals surface area contributed by atoms with Gasteiger partial charge in [0.15, 0.2) is 0 Å². The average molecular weight is 254 g/mol. The average Bonchev–Trinajstić information content (AvgIpc) is 2.94. The fraction of sp³-hybridized carbons (Fsp3) is 0.133. The molecular formula is C15H14N2S. The fourth-order valence-electron chi connectivity index (χ4n) is 2.24. The Labute approximate surface area is 110 Å². The van der Waals surface area contributed by atoms with E-state index >= 15 is 0 Å². The van der Waals surface area contributed by atoms with Gasteiger partial charge in [-0.15, -0.1) is 11.3 Å². The summed E-state index contributed by atoms with van der Waals surface area (Å²) < 4.78 is 0. The number of nitrogens with one attached hydrogen (secondary N) is 1. The molecule has 90 valence electrons. The molecule has 1 N–H and O–H groups in total. The SMILES string of the molecule is CNC(c1cccs1)c1nccc2ccccc12. The highest BCUT2D eigenvalue weighted by molar-refractivity contribution is 7.10. The van der Waals surface area contributed by atoms with Gasteiger partial charge >= 0.3 is 0 Å². The zero-order valence-corrected chi connectivity index (χ0v) is 10.9. The van der Waals surface area contributed by atoms with E-state index < -0.39 is 0 Å². The third-order valence-electron chi connectivity index (χ3n) is 3.09. The van der Waals surface area contributed by atoms with E-state index in [2.05, 4.69) is 58.1 Å². The molecule has 0 bridgehead atoms. The summed E-state index contributed by atoms with van der Waals surface area (Å²) in [6, 6.07) is 14.8. The van der Waals surface area contributed by atoms with E-state index in [1.165, 1.54) is 15.6 Å². The van der Waals surface area contributed by atoms with Gasteiger partial charge < -0.3 is 5.32 Å². The first-order valence-electron chi connectivity index (χ1n) is 5.94. The molecule has 0 spiro atoms. The molecule has 0 aliphatic carbocycles. The van der Waals surface area contributed by atoms with Crippen molar-refractivity contribution in [1.82, 2.24) is 10.3 Å². The van der Waals surface area contributed by atoms with Gasteiger partial charge in [-0.1, -0.05) is 30.3 Å². The lowest BCUT2D eigenvalue weighted by molar-refractivity contribution is 0.689. The second-order valence-corrected chi connectivity index (χ2v) is 5.13. The second kappa shape index (κ2) is 4.88. The van der Waals surface area contributed by atoms with Crippen LogP contribution < -0.4 is 5.32 Å². The lowest BCUT2D eigenvalue weighted by atomic mass is 10.0. The molecule has 1 aromatic carbocycles. The summed E-state index contributed by atoms with van der Waals surface area (Å²) in [5, 5.41) is 7.91. The molecule has 3 rings (SSSR count). The maximum Gasteiger partial charge on any atom is 0.0848 e. The standard InChI is InChI=1S/C15H14N2S/c1-16-15(13-7-4-10-18-13)14-12-6-3-2-5-11(12)8-9-17-14/h2-10,15-16H,1H3. The number of rotatable bonds is 3. The Kier molecular flexibility index (Phi) is 3.09. The largest absolute Gasteiger partial charge is 0.307 e. The molecule has 2 heterocycles. The molecule has 0 radical (unpaired) electrons. The quantitative estimate of drug-likeness (QED) is 0.772. The summed E-state index contributed by atoms with van der Waals surface area (Å²) in [7, 11) is 1.98. The van der Waals surface area contributed by atoms with Gasteiger partial charge in [-0.2, -0.15) is 0 Å². The molecule has 0 saturated heterocycles. The van der Waals surface area contributed by atoms with Crippen molar-refractivity contribution in [3.8, 4) is 0 Å². The van der Waals surface area contributed by atoms with E-state index in [4.69, 9.17) is 0 Å². The van der Waals surface area contributed by atoms with Crippen molar-refractivity contribution in [2.75, 3.05) is 7.05 Å². The fourth-order valence-corrected chi connectivity index (χ4v) is 3.08. The highest BCUT2D eigenvalue weighted by Gasteiger charge is 2.16. The van der Waals surface area contributed by atoms with Gasteiger partial charge in [-0.3, -0.25) is 4.98 Å². The van der Waals surface area contributed by atoms with E-state index in [0.29, 0.717) is 0 Å². The molecule has 0 amide bonds. The lowest BCUT2D eigenvalue weighted by Crippen LogP contribution is -2.18. The Balaban J connectivity index is 2.18. The van der Waals surface area contributed by atoms with E-state index in [9.17, 15) is 0 Å². The Bertz CT molecular complexity index is 641. The zero-order valence-electron chi connectivity index (χ0n) is 10.1.